The number of amides is 3. The van der Waals surface area contributed by atoms with Crippen LogP contribution in [0.1, 0.15) is 31.9 Å². The summed E-state index contributed by atoms with van der Waals surface area (Å²) in [4.78, 5) is 28.4. The van der Waals surface area contributed by atoms with Crippen molar-refractivity contribution in [1.82, 2.24) is 20.2 Å². The fourth-order valence-electron chi connectivity index (χ4n) is 2.98. The monoisotopic (exact) mass is 464 g/mol. The zero-order valence-electron chi connectivity index (χ0n) is 17.8. The molecule has 6 nitrogen and oxygen atoms in total. The summed E-state index contributed by atoms with van der Waals surface area (Å²) in [5.41, 5.74) is 0.349. The molecule has 3 rings (SSSR count). The molecule has 0 spiro atoms. The van der Waals surface area contributed by atoms with E-state index in [0.29, 0.717) is 17.2 Å². The number of carbonyl (C=O) groups is 2. The molecular weight excluding hydrogens is 441 g/mol. The number of urea groups is 1. The first kappa shape index (κ1) is 23.6. The molecule has 0 unspecified atom stereocenters. The number of rotatable bonds is 5. The van der Waals surface area contributed by atoms with Crippen molar-refractivity contribution in [3.63, 3.8) is 0 Å². The Balaban J connectivity index is 1.84. The Hall–Kier alpha value is -3.01. The summed E-state index contributed by atoms with van der Waals surface area (Å²) in [6.07, 6.45) is -4.48. The number of nitrogens with one attached hydrogen (secondary N) is 2. The highest BCUT2D eigenvalue weighted by Crippen LogP contribution is 2.33. The lowest BCUT2D eigenvalue weighted by molar-refractivity contribution is -0.137. The van der Waals surface area contributed by atoms with Gasteiger partial charge in [0, 0.05) is 5.54 Å². The van der Waals surface area contributed by atoms with Gasteiger partial charge in [0.1, 0.15) is 0 Å². The van der Waals surface area contributed by atoms with Crippen LogP contribution in [0.3, 0.4) is 0 Å². The number of imide groups is 1. The molecule has 10 heteroatoms. The Labute approximate surface area is 187 Å². The standard InChI is InChI=1S/C22H23F3N4O2S/c1-21(2,3)28-19(31)27-18(30)13-32-20-26-16-11-15(22(23,24)25)9-10-17(16)29(20)12-14-7-5-4-6-8-14/h4-11H,12-13H2,1-3H3,(H2,27,28,30,31). The van der Waals surface area contributed by atoms with Gasteiger partial charge in [0.05, 0.1) is 28.9 Å². The van der Waals surface area contributed by atoms with Crippen LogP contribution < -0.4 is 10.6 Å². The molecule has 0 aliphatic rings. The Bertz CT molecular complexity index is 1120. The molecule has 0 fully saturated rings. The Morgan fingerprint density at radius 2 is 1.75 bits per heavy atom. The van der Waals surface area contributed by atoms with Gasteiger partial charge in [0.15, 0.2) is 5.16 Å². The first-order valence-electron chi connectivity index (χ1n) is 9.78. The second-order valence-electron chi connectivity index (χ2n) is 8.21. The third-order valence-electron chi connectivity index (χ3n) is 4.30. The first-order valence-corrected chi connectivity index (χ1v) is 10.8. The minimum atomic E-state index is -4.48. The molecule has 1 aromatic heterocycles. The molecule has 2 aromatic carbocycles. The summed E-state index contributed by atoms with van der Waals surface area (Å²) < 4.78 is 41.2. The second kappa shape index (κ2) is 9.23. The SMILES string of the molecule is CC(C)(C)NC(=O)NC(=O)CSc1nc2cc(C(F)(F)F)ccc2n1Cc1ccccc1. The number of aromatic nitrogens is 2. The molecule has 0 atom stereocenters. The third kappa shape index (κ3) is 6.25. The minimum absolute atomic E-state index is 0.123. The van der Waals surface area contributed by atoms with Crippen molar-refractivity contribution in [3.05, 3.63) is 59.7 Å². The lowest BCUT2D eigenvalue weighted by atomic mass is 10.1. The maximum atomic E-state index is 13.1. The lowest BCUT2D eigenvalue weighted by Crippen LogP contribution is -2.48. The number of alkyl halides is 3. The average Bonchev–Trinajstić information content (AvgIpc) is 3.02. The van der Waals surface area contributed by atoms with Crippen LogP contribution >= 0.6 is 11.8 Å². The van der Waals surface area contributed by atoms with Crippen LogP contribution in [0.15, 0.2) is 53.7 Å². The van der Waals surface area contributed by atoms with Crippen LogP contribution in [-0.2, 0) is 17.5 Å². The topological polar surface area (TPSA) is 76.0 Å². The van der Waals surface area contributed by atoms with Gasteiger partial charge >= 0.3 is 12.2 Å². The predicted octanol–water partition coefficient (Wildman–Crippen LogP) is 4.82. The van der Waals surface area contributed by atoms with E-state index in [9.17, 15) is 22.8 Å². The summed E-state index contributed by atoms with van der Waals surface area (Å²) >= 11 is 1.05. The van der Waals surface area contributed by atoms with Crippen LogP contribution in [0.5, 0.6) is 0 Å². The molecule has 0 saturated heterocycles. The van der Waals surface area contributed by atoms with E-state index < -0.39 is 29.2 Å². The molecule has 1 heterocycles. The van der Waals surface area contributed by atoms with Crippen LogP contribution in [-0.4, -0.2) is 32.8 Å². The molecule has 0 aliphatic carbocycles. The highest BCUT2D eigenvalue weighted by Gasteiger charge is 2.31. The number of nitrogens with zero attached hydrogens (tertiary/aromatic N) is 2. The van der Waals surface area contributed by atoms with E-state index in [1.807, 2.05) is 30.3 Å². The zero-order valence-corrected chi connectivity index (χ0v) is 18.6. The molecular formula is C22H23F3N4O2S. The molecule has 170 valence electrons. The van der Waals surface area contributed by atoms with E-state index in [-0.39, 0.29) is 11.3 Å². The van der Waals surface area contributed by atoms with Crippen molar-refractivity contribution in [2.45, 2.75) is 44.2 Å². The van der Waals surface area contributed by atoms with E-state index in [0.717, 1.165) is 29.5 Å². The molecule has 32 heavy (non-hydrogen) atoms. The summed E-state index contributed by atoms with van der Waals surface area (Å²) in [5.74, 6) is -0.659. The van der Waals surface area contributed by atoms with Crippen molar-refractivity contribution < 1.29 is 22.8 Å². The van der Waals surface area contributed by atoms with Crippen LogP contribution in [0.4, 0.5) is 18.0 Å². The summed E-state index contributed by atoms with van der Waals surface area (Å²) in [7, 11) is 0. The summed E-state index contributed by atoms with van der Waals surface area (Å²) in [5, 5.41) is 5.25. The van der Waals surface area contributed by atoms with Crippen molar-refractivity contribution in [2.24, 2.45) is 0 Å². The van der Waals surface area contributed by atoms with E-state index in [4.69, 9.17) is 0 Å². The Kier molecular flexibility index (Phi) is 6.82. The molecule has 0 bridgehead atoms. The van der Waals surface area contributed by atoms with Crippen molar-refractivity contribution >= 4 is 34.7 Å². The van der Waals surface area contributed by atoms with E-state index in [1.165, 1.54) is 6.07 Å². The number of fused-ring (bicyclic) bond motifs is 1. The van der Waals surface area contributed by atoms with Crippen LogP contribution in [0, 0.1) is 0 Å². The van der Waals surface area contributed by atoms with E-state index in [2.05, 4.69) is 15.6 Å². The second-order valence-corrected chi connectivity index (χ2v) is 9.15. The molecule has 2 N–H and O–H groups in total. The average molecular weight is 465 g/mol. The Morgan fingerprint density at radius 1 is 1.06 bits per heavy atom. The van der Waals surface area contributed by atoms with Crippen molar-refractivity contribution in [2.75, 3.05) is 5.75 Å². The van der Waals surface area contributed by atoms with E-state index in [1.54, 1.807) is 25.3 Å². The largest absolute Gasteiger partial charge is 0.416 e. The van der Waals surface area contributed by atoms with Gasteiger partial charge < -0.3 is 9.88 Å². The fraction of sp³-hybridized carbons (Fsp3) is 0.318. The lowest BCUT2D eigenvalue weighted by Gasteiger charge is -2.20. The van der Waals surface area contributed by atoms with E-state index >= 15 is 0 Å². The van der Waals surface area contributed by atoms with Gasteiger partial charge in [-0.1, -0.05) is 42.1 Å². The molecule has 0 saturated carbocycles. The molecule has 3 aromatic rings. The fourth-order valence-corrected chi connectivity index (χ4v) is 3.79. The molecule has 3 amide bonds. The molecule has 0 radical (unpaired) electrons. The number of halogens is 3. The van der Waals surface area contributed by atoms with Gasteiger partial charge in [0.2, 0.25) is 5.91 Å². The first-order chi connectivity index (χ1) is 14.9. The number of benzene rings is 2. The number of thioether (sulfide) groups is 1. The van der Waals surface area contributed by atoms with Crippen LogP contribution in [0.2, 0.25) is 0 Å². The maximum absolute atomic E-state index is 13.1. The Morgan fingerprint density at radius 3 is 2.38 bits per heavy atom. The smallest absolute Gasteiger partial charge is 0.333 e. The van der Waals surface area contributed by atoms with Crippen LogP contribution in [0.25, 0.3) is 11.0 Å². The maximum Gasteiger partial charge on any atom is 0.416 e. The van der Waals surface area contributed by atoms with Crippen molar-refractivity contribution in [3.8, 4) is 0 Å². The van der Waals surface area contributed by atoms with Gasteiger partial charge in [-0.05, 0) is 44.5 Å². The normalized spacial score (nSPS) is 12.1. The van der Waals surface area contributed by atoms with Gasteiger partial charge in [-0.2, -0.15) is 13.2 Å². The highest BCUT2D eigenvalue weighted by molar-refractivity contribution is 7.99. The predicted molar refractivity (Wildman–Crippen MR) is 117 cm³/mol. The number of hydrogen-bond donors (Lipinski definition) is 2. The van der Waals surface area contributed by atoms with Gasteiger partial charge in [-0.15, -0.1) is 0 Å². The zero-order chi connectivity index (χ0) is 23.5. The highest BCUT2D eigenvalue weighted by atomic mass is 32.2. The molecule has 0 aliphatic heterocycles. The summed E-state index contributed by atoms with van der Waals surface area (Å²) in [6.45, 7) is 5.73. The van der Waals surface area contributed by atoms with Gasteiger partial charge in [-0.3, -0.25) is 10.1 Å². The number of carbonyl (C=O) groups excluding carboxylic acids is 2. The van der Waals surface area contributed by atoms with Gasteiger partial charge in [0.25, 0.3) is 0 Å². The minimum Gasteiger partial charge on any atom is -0.333 e. The number of hydrogen-bond acceptors (Lipinski definition) is 4. The third-order valence-corrected chi connectivity index (χ3v) is 5.27. The quantitative estimate of drug-likeness (QED) is 0.531. The van der Waals surface area contributed by atoms with Gasteiger partial charge in [-0.25, -0.2) is 9.78 Å². The summed E-state index contributed by atoms with van der Waals surface area (Å²) in [6, 6.07) is 12.2. The van der Waals surface area contributed by atoms with Crippen molar-refractivity contribution in [1.29, 1.82) is 0 Å². The number of imidazole rings is 1.